The molecule has 0 aromatic carbocycles. The maximum absolute atomic E-state index is 4.79. The van der Waals surface area contributed by atoms with Crippen molar-refractivity contribution in [3.8, 4) is 5.69 Å². The largest absolute Gasteiger partial charge is 0.398 e. The van der Waals surface area contributed by atoms with E-state index in [4.69, 9.17) is 4.84 Å². The Morgan fingerprint density at radius 3 is 2.89 bits per heavy atom. The molecule has 0 saturated heterocycles. The van der Waals surface area contributed by atoms with E-state index in [2.05, 4.69) is 15.2 Å². The molecule has 2 heterocycles. The molecule has 0 aliphatic rings. The average molecular weight is 259 g/mol. The van der Waals surface area contributed by atoms with Crippen LogP contribution in [0.25, 0.3) is 5.69 Å². The Hall–Kier alpha value is -2.37. The molecule has 6 heteroatoms. The number of hydrogen-bond acceptors (Lipinski definition) is 4. The van der Waals surface area contributed by atoms with Gasteiger partial charge in [0.25, 0.3) is 0 Å². The molecular weight excluding hydrogens is 242 g/mol. The van der Waals surface area contributed by atoms with Crippen LogP contribution in [0.3, 0.4) is 0 Å². The monoisotopic (exact) mass is 259 g/mol. The summed E-state index contributed by atoms with van der Waals surface area (Å²) in [7, 11) is 3.46. The van der Waals surface area contributed by atoms with E-state index in [-0.39, 0.29) is 0 Å². The number of aromatic nitrogens is 3. The Morgan fingerprint density at radius 2 is 2.26 bits per heavy atom. The van der Waals surface area contributed by atoms with Crippen LogP contribution < -0.4 is 4.90 Å². The molecule has 0 fully saturated rings. The van der Waals surface area contributed by atoms with Crippen LogP contribution in [0.5, 0.6) is 0 Å². The van der Waals surface area contributed by atoms with Crippen LogP contribution in [0.2, 0.25) is 0 Å². The standard InChI is InChI=1S/C13H17N5O/c1-10-13(17(3)11(2)16-19-4)9-18(15-10)12-6-5-7-14-8-12/h5-9H,1-4H3/b16-11+. The number of pyridine rings is 1. The number of anilines is 1. The second-order valence-electron chi connectivity index (χ2n) is 4.14. The first kappa shape index (κ1) is 13.1. The minimum absolute atomic E-state index is 0.760. The lowest BCUT2D eigenvalue weighted by molar-refractivity contribution is 0.212. The number of nitrogens with zero attached hydrogens (tertiary/aromatic N) is 5. The third kappa shape index (κ3) is 2.73. The quantitative estimate of drug-likeness (QED) is 0.480. The molecule has 0 aliphatic heterocycles. The van der Waals surface area contributed by atoms with Gasteiger partial charge in [0.2, 0.25) is 0 Å². The van der Waals surface area contributed by atoms with E-state index in [0.29, 0.717) is 0 Å². The van der Waals surface area contributed by atoms with Crippen molar-refractivity contribution in [1.82, 2.24) is 14.8 Å². The summed E-state index contributed by atoms with van der Waals surface area (Å²) in [5, 5.41) is 8.40. The molecule has 0 amide bonds. The Labute approximate surface area is 112 Å². The molecule has 2 aromatic heterocycles. The molecule has 0 atom stereocenters. The minimum atomic E-state index is 0.760. The van der Waals surface area contributed by atoms with Crippen molar-refractivity contribution in [2.75, 3.05) is 19.1 Å². The second kappa shape index (κ2) is 5.51. The lowest BCUT2D eigenvalue weighted by atomic mass is 10.3. The summed E-state index contributed by atoms with van der Waals surface area (Å²) >= 11 is 0. The topological polar surface area (TPSA) is 55.5 Å². The molecule has 19 heavy (non-hydrogen) atoms. The van der Waals surface area contributed by atoms with Crippen molar-refractivity contribution in [2.24, 2.45) is 5.16 Å². The molecule has 0 saturated carbocycles. The van der Waals surface area contributed by atoms with E-state index < -0.39 is 0 Å². The van der Waals surface area contributed by atoms with E-state index in [1.807, 2.05) is 44.1 Å². The molecule has 0 unspecified atom stereocenters. The number of rotatable bonds is 3. The van der Waals surface area contributed by atoms with Crippen LogP contribution >= 0.6 is 0 Å². The lowest BCUT2D eigenvalue weighted by Gasteiger charge is -2.16. The van der Waals surface area contributed by atoms with Crippen molar-refractivity contribution >= 4 is 11.5 Å². The second-order valence-corrected chi connectivity index (χ2v) is 4.14. The van der Waals surface area contributed by atoms with Crippen LogP contribution in [-0.2, 0) is 4.84 Å². The SMILES string of the molecule is CO/N=C(\C)N(C)c1cn(-c2cccnc2)nc1C. The average Bonchev–Trinajstić information content (AvgIpc) is 2.81. The molecule has 0 spiro atoms. The first-order valence-electron chi connectivity index (χ1n) is 5.91. The molecule has 0 bridgehead atoms. The first-order valence-corrected chi connectivity index (χ1v) is 5.91. The highest BCUT2D eigenvalue weighted by Crippen LogP contribution is 2.20. The van der Waals surface area contributed by atoms with Crippen LogP contribution in [0, 0.1) is 6.92 Å². The predicted molar refractivity (Wildman–Crippen MR) is 74.6 cm³/mol. The summed E-state index contributed by atoms with van der Waals surface area (Å²) < 4.78 is 1.80. The van der Waals surface area contributed by atoms with E-state index >= 15 is 0 Å². The fourth-order valence-electron chi connectivity index (χ4n) is 1.77. The highest BCUT2D eigenvalue weighted by Gasteiger charge is 2.12. The van der Waals surface area contributed by atoms with E-state index in [1.165, 1.54) is 7.11 Å². The summed E-state index contributed by atoms with van der Waals surface area (Å²) in [5.74, 6) is 0.760. The van der Waals surface area contributed by atoms with Crippen LogP contribution in [-0.4, -0.2) is 34.8 Å². The molecule has 100 valence electrons. The van der Waals surface area contributed by atoms with Gasteiger partial charge in [-0.25, -0.2) is 4.68 Å². The van der Waals surface area contributed by atoms with Gasteiger partial charge in [-0.15, -0.1) is 0 Å². The normalized spacial score (nSPS) is 11.5. The number of hydrogen-bond donors (Lipinski definition) is 0. The van der Waals surface area contributed by atoms with E-state index in [0.717, 1.165) is 22.9 Å². The van der Waals surface area contributed by atoms with Gasteiger partial charge in [0.05, 0.1) is 29.5 Å². The molecule has 2 aromatic rings. The zero-order valence-corrected chi connectivity index (χ0v) is 11.5. The highest BCUT2D eigenvalue weighted by molar-refractivity contribution is 5.95. The Morgan fingerprint density at radius 1 is 1.47 bits per heavy atom. The van der Waals surface area contributed by atoms with Crippen molar-refractivity contribution in [3.63, 3.8) is 0 Å². The number of aryl methyl sites for hydroxylation is 1. The van der Waals surface area contributed by atoms with Gasteiger partial charge in [-0.2, -0.15) is 5.10 Å². The van der Waals surface area contributed by atoms with Gasteiger partial charge in [0.1, 0.15) is 12.9 Å². The summed E-state index contributed by atoms with van der Waals surface area (Å²) in [6.45, 7) is 3.84. The Kier molecular flexibility index (Phi) is 3.79. The molecule has 0 N–H and O–H groups in total. The fraction of sp³-hybridized carbons (Fsp3) is 0.308. The minimum Gasteiger partial charge on any atom is -0.398 e. The number of oxime groups is 1. The third-order valence-electron chi connectivity index (χ3n) is 2.85. The third-order valence-corrected chi connectivity index (χ3v) is 2.85. The molecule has 6 nitrogen and oxygen atoms in total. The summed E-state index contributed by atoms with van der Waals surface area (Å²) in [5.41, 5.74) is 2.81. The van der Waals surface area contributed by atoms with Gasteiger partial charge in [-0.3, -0.25) is 4.98 Å². The molecule has 2 rings (SSSR count). The highest BCUT2D eigenvalue weighted by atomic mass is 16.6. The van der Waals surface area contributed by atoms with Crippen LogP contribution in [0.1, 0.15) is 12.6 Å². The predicted octanol–water partition coefficient (Wildman–Crippen LogP) is 1.99. The van der Waals surface area contributed by atoms with Gasteiger partial charge in [0.15, 0.2) is 0 Å². The molecular formula is C13H17N5O. The zero-order valence-electron chi connectivity index (χ0n) is 11.5. The first-order chi connectivity index (χ1) is 9.13. The van der Waals surface area contributed by atoms with Crippen molar-refractivity contribution in [1.29, 1.82) is 0 Å². The maximum atomic E-state index is 4.79. The van der Waals surface area contributed by atoms with Gasteiger partial charge in [0, 0.05) is 13.2 Å². The van der Waals surface area contributed by atoms with Gasteiger partial charge in [-0.05, 0) is 26.0 Å². The molecule has 0 aliphatic carbocycles. The Balaban J connectivity index is 2.34. The zero-order chi connectivity index (χ0) is 13.8. The summed E-state index contributed by atoms with van der Waals surface area (Å²) in [4.78, 5) is 10.8. The van der Waals surface area contributed by atoms with Crippen LogP contribution in [0.4, 0.5) is 5.69 Å². The Bertz CT molecular complexity index is 576. The van der Waals surface area contributed by atoms with E-state index in [9.17, 15) is 0 Å². The van der Waals surface area contributed by atoms with Crippen LogP contribution in [0.15, 0.2) is 35.9 Å². The van der Waals surface area contributed by atoms with Gasteiger partial charge in [-0.1, -0.05) is 5.16 Å². The summed E-state index contributed by atoms with van der Waals surface area (Å²) in [6.07, 6.45) is 5.45. The van der Waals surface area contributed by atoms with Crippen molar-refractivity contribution in [3.05, 3.63) is 36.4 Å². The smallest absolute Gasteiger partial charge is 0.145 e. The number of amidine groups is 1. The van der Waals surface area contributed by atoms with Gasteiger partial charge < -0.3 is 9.74 Å². The van der Waals surface area contributed by atoms with E-state index in [1.54, 1.807) is 17.1 Å². The fourth-order valence-corrected chi connectivity index (χ4v) is 1.77. The van der Waals surface area contributed by atoms with Crippen molar-refractivity contribution < 1.29 is 4.84 Å². The van der Waals surface area contributed by atoms with Gasteiger partial charge >= 0.3 is 0 Å². The lowest BCUT2D eigenvalue weighted by Crippen LogP contribution is -2.23. The molecule has 0 radical (unpaired) electrons. The summed E-state index contributed by atoms with van der Waals surface area (Å²) in [6, 6.07) is 3.84. The maximum Gasteiger partial charge on any atom is 0.145 e. The van der Waals surface area contributed by atoms with Crippen molar-refractivity contribution in [2.45, 2.75) is 13.8 Å².